The van der Waals surface area contributed by atoms with Gasteiger partial charge in [-0.25, -0.2) is 9.97 Å². The summed E-state index contributed by atoms with van der Waals surface area (Å²) in [6, 6.07) is 9.85. The molecule has 3 aromatic rings. The molecule has 0 bridgehead atoms. The minimum absolute atomic E-state index is 0. The Morgan fingerprint density at radius 1 is 1.17 bits per heavy atom. The third-order valence-electron chi connectivity index (χ3n) is 4.37. The number of carbonyl (C=O) groups is 1. The van der Waals surface area contributed by atoms with Crippen LogP contribution in [-0.2, 0) is 4.79 Å². The van der Waals surface area contributed by atoms with Crippen molar-refractivity contribution in [1.82, 2.24) is 25.1 Å². The molecule has 0 saturated carbocycles. The minimum atomic E-state index is 0. The van der Waals surface area contributed by atoms with Crippen LogP contribution in [0.15, 0.2) is 36.5 Å². The van der Waals surface area contributed by atoms with E-state index >= 15 is 0 Å². The first-order valence-electron chi connectivity index (χ1n) is 7.99. The molecule has 3 aromatic heterocycles. The van der Waals surface area contributed by atoms with Gasteiger partial charge < -0.3 is 9.80 Å². The van der Waals surface area contributed by atoms with Crippen molar-refractivity contribution in [2.75, 3.05) is 31.1 Å². The number of pyridine rings is 2. The standard InChI is InChI=1S/C17H18N6O.H2/c1-12(24)22-8-10-23(11-9-22)15-6-2-5-14(19-15)16-13-4-3-7-18-17(13)21-20-16;/h2-7H,8-11H2,1H3,(H,18,20,21);1H. The number of H-pyrrole nitrogens is 1. The number of rotatable bonds is 2. The van der Waals surface area contributed by atoms with E-state index in [1.165, 1.54) is 0 Å². The highest BCUT2D eigenvalue weighted by molar-refractivity contribution is 5.89. The zero-order valence-corrected chi connectivity index (χ0v) is 13.4. The second-order valence-electron chi connectivity index (χ2n) is 5.85. The number of aromatic nitrogens is 4. The summed E-state index contributed by atoms with van der Waals surface area (Å²) >= 11 is 0. The smallest absolute Gasteiger partial charge is 0.219 e. The van der Waals surface area contributed by atoms with Crippen LogP contribution in [0.5, 0.6) is 0 Å². The van der Waals surface area contributed by atoms with Crippen molar-refractivity contribution in [2.45, 2.75) is 6.92 Å². The number of piperazine rings is 1. The monoisotopic (exact) mass is 324 g/mol. The van der Waals surface area contributed by atoms with E-state index in [-0.39, 0.29) is 7.33 Å². The highest BCUT2D eigenvalue weighted by Crippen LogP contribution is 2.25. The van der Waals surface area contributed by atoms with Gasteiger partial charge in [-0.15, -0.1) is 0 Å². The number of aromatic amines is 1. The average molecular weight is 324 g/mol. The van der Waals surface area contributed by atoms with Crippen LogP contribution >= 0.6 is 0 Å². The Bertz CT molecular complexity index is 887. The summed E-state index contributed by atoms with van der Waals surface area (Å²) in [6.07, 6.45) is 1.73. The first-order valence-corrected chi connectivity index (χ1v) is 7.99. The molecule has 0 unspecified atom stereocenters. The molecule has 0 aliphatic carbocycles. The Morgan fingerprint density at radius 2 is 2.00 bits per heavy atom. The lowest BCUT2D eigenvalue weighted by Crippen LogP contribution is -2.48. The largest absolute Gasteiger partial charge is 0.353 e. The summed E-state index contributed by atoms with van der Waals surface area (Å²) in [5.41, 5.74) is 2.41. The Labute approximate surface area is 140 Å². The van der Waals surface area contributed by atoms with Crippen LogP contribution in [0.2, 0.25) is 0 Å². The van der Waals surface area contributed by atoms with Crippen LogP contribution in [0.4, 0.5) is 5.82 Å². The third kappa shape index (κ3) is 2.58. The lowest BCUT2D eigenvalue weighted by atomic mass is 10.2. The number of carbonyl (C=O) groups excluding carboxylic acids is 1. The summed E-state index contributed by atoms with van der Waals surface area (Å²) in [4.78, 5) is 24.6. The van der Waals surface area contributed by atoms with Crippen LogP contribution in [0.25, 0.3) is 22.4 Å². The lowest BCUT2D eigenvalue weighted by molar-refractivity contribution is -0.129. The van der Waals surface area contributed by atoms with Crippen LogP contribution in [0.1, 0.15) is 8.35 Å². The lowest BCUT2D eigenvalue weighted by Gasteiger charge is -2.35. The molecular weight excluding hydrogens is 304 g/mol. The molecule has 0 atom stereocenters. The molecule has 4 heterocycles. The van der Waals surface area contributed by atoms with Gasteiger partial charge in [0.1, 0.15) is 5.82 Å². The summed E-state index contributed by atoms with van der Waals surface area (Å²) in [5, 5.41) is 8.23. The predicted octanol–water partition coefficient (Wildman–Crippen LogP) is 1.93. The molecule has 1 fully saturated rings. The predicted molar refractivity (Wildman–Crippen MR) is 93.7 cm³/mol. The zero-order valence-electron chi connectivity index (χ0n) is 13.4. The molecule has 7 nitrogen and oxygen atoms in total. The summed E-state index contributed by atoms with van der Waals surface area (Å²) in [7, 11) is 0. The maximum Gasteiger partial charge on any atom is 0.219 e. The van der Waals surface area contributed by atoms with Gasteiger partial charge in [-0.3, -0.25) is 9.89 Å². The fourth-order valence-corrected chi connectivity index (χ4v) is 3.03. The highest BCUT2D eigenvalue weighted by Gasteiger charge is 2.20. The fourth-order valence-electron chi connectivity index (χ4n) is 3.03. The topological polar surface area (TPSA) is 78.0 Å². The molecule has 1 aliphatic rings. The van der Waals surface area contributed by atoms with Crippen molar-refractivity contribution < 1.29 is 6.22 Å². The van der Waals surface area contributed by atoms with E-state index in [2.05, 4.69) is 20.1 Å². The van der Waals surface area contributed by atoms with E-state index in [4.69, 9.17) is 4.98 Å². The average Bonchev–Trinajstić information content (AvgIpc) is 3.06. The van der Waals surface area contributed by atoms with Gasteiger partial charge >= 0.3 is 0 Å². The van der Waals surface area contributed by atoms with E-state index < -0.39 is 0 Å². The van der Waals surface area contributed by atoms with Crippen molar-refractivity contribution in [2.24, 2.45) is 0 Å². The van der Waals surface area contributed by atoms with Gasteiger partial charge in [0.15, 0.2) is 5.65 Å². The third-order valence-corrected chi connectivity index (χ3v) is 4.37. The van der Waals surface area contributed by atoms with E-state index in [0.29, 0.717) is 5.65 Å². The molecule has 0 radical (unpaired) electrons. The molecule has 0 spiro atoms. The van der Waals surface area contributed by atoms with Crippen molar-refractivity contribution in [1.29, 1.82) is 0 Å². The molecule has 1 aliphatic heterocycles. The molecule has 1 N–H and O–H groups in total. The molecule has 7 heteroatoms. The van der Waals surface area contributed by atoms with E-state index in [9.17, 15) is 4.79 Å². The zero-order chi connectivity index (χ0) is 16.5. The van der Waals surface area contributed by atoms with Crippen LogP contribution in [0.3, 0.4) is 0 Å². The van der Waals surface area contributed by atoms with Crippen LogP contribution < -0.4 is 4.90 Å². The molecule has 1 amide bonds. The quantitative estimate of drug-likeness (QED) is 0.779. The van der Waals surface area contributed by atoms with Crippen LogP contribution in [-0.4, -0.2) is 57.2 Å². The molecule has 4 rings (SSSR count). The first kappa shape index (κ1) is 14.6. The molecule has 24 heavy (non-hydrogen) atoms. The Balaban J connectivity index is 0.00000182. The van der Waals surface area contributed by atoms with Gasteiger partial charge in [0, 0.05) is 46.1 Å². The fraction of sp³-hybridized carbons (Fsp3) is 0.294. The minimum Gasteiger partial charge on any atom is -0.353 e. The van der Waals surface area contributed by atoms with E-state index in [0.717, 1.165) is 48.8 Å². The van der Waals surface area contributed by atoms with Gasteiger partial charge in [0.2, 0.25) is 5.91 Å². The van der Waals surface area contributed by atoms with Crippen LogP contribution in [0, 0.1) is 0 Å². The summed E-state index contributed by atoms with van der Waals surface area (Å²) < 4.78 is 0. The number of nitrogens with zero attached hydrogens (tertiary/aromatic N) is 5. The second kappa shape index (κ2) is 5.92. The number of anilines is 1. The second-order valence-corrected chi connectivity index (χ2v) is 5.85. The number of fused-ring (bicyclic) bond motifs is 1. The SMILES string of the molecule is CC(=O)N1CCN(c2cccc(-c3[nH]nc4ncccc34)n2)CC1.[HH]. The number of nitrogens with one attached hydrogen (secondary N) is 1. The van der Waals surface area contributed by atoms with Gasteiger partial charge in [-0.2, -0.15) is 5.10 Å². The molecule has 1 saturated heterocycles. The maximum atomic E-state index is 11.5. The van der Waals surface area contributed by atoms with Crippen molar-refractivity contribution in [3.05, 3.63) is 36.5 Å². The van der Waals surface area contributed by atoms with Crippen molar-refractivity contribution in [3.63, 3.8) is 0 Å². The van der Waals surface area contributed by atoms with Gasteiger partial charge in [-0.05, 0) is 24.3 Å². The highest BCUT2D eigenvalue weighted by atomic mass is 16.2. The van der Waals surface area contributed by atoms with Gasteiger partial charge in [-0.1, -0.05) is 6.07 Å². The van der Waals surface area contributed by atoms with Crippen molar-refractivity contribution in [3.8, 4) is 11.4 Å². The molecule has 0 aromatic carbocycles. The Morgan fingerprint density at radius 3 is 2.79 bits per heavy atom. The van der Waals surface area contributed by atoms with Gasteiger partial charge in [0.25, 0.3) is 0 Å². The van der Waals surface area contributed by atoms with Gasteiger partial charge in [0.05, 0.1) is 11.4 Å². The maximum absolute atomic E-state index is 11.5. The number of hydrogen-bond donors (Lipinski definition) is 1. The Kier molecular flexibility index (Phi) is 3.60. The summed E-state index contributed by atoms with van der Waals surface area (Å²) in [5.74, 6) is 1.05. The summed E-state index contributed by atoms with van der Waals surface area (Å²) in [6.45, 7) is 4.67. The molecule has 124 valence electrons. The first-order chi connectivity index (χ1) is 11.7. The van der Waals surface area contributed by atoms with E-state index in [1.54, 1.807) is 13.1 Å². The number of hydrogen-bond acceptors (Lipinski definition) is 5. The number of amides is 1. The van der Waals surface area contributed by atoms with Crippen molar-refractivity contribution >= 4 is 22.8 Å². The molecular formula is C17H20N6O. The Hall–Kier alpha value is -2.96. The van der Waals surface area contributed by atoms with E-state index in [1.807, 2.05) is 35.2 Å². The normalized spacial score (nSPS) is 15.0.